The van der Waals surface area contributed by atoms with E-state index >= 15 is 0 Å². The van der Waals surface area contributed by atoms with Crippen LogP contribution in [0.25, 0.3) is 0 Å². The summed E-state index contributed by atoms with van der Waals surface area (Å²) in [5.74, 6) is 1.74. The second-order valence-electron chi connectivity index (χ2n) is 4.98. The Kier molecular flexibility index (Phi) is 3.94. The van der Waals surface area contributed by atoms with E-state index in [1.807, 2.05) is 6.07 Å². The van der Waals surface area contributed by atoms with Gasteiger partial charge in [-0.2, -0.15) is 0 Å². The molecule has 2 aliphatic rings. The van der Waals surface area contributed by atoms with E-state index < -0.39 is 0 Å². The maximum atomic E-state index is 5.40. The van der Waals surface area contributed by atoms with Crippen LogP contribution in [0, 0.1) is 0 Å². The fraction of sp³-hybridized carbons (Fsp3) is 0.571. The standard InChI is InChI=1S/C14H18INO2/c15-11-3-1-2-4-12(11)16-8-10-5-6-13-14(7-10)18-9-17-13/h5-7,11-12,16H,1-4,8-9H2/t11-,12?/m1/s1. The Bertz CT molecular complexity index is 424. The molecule has 1 aromatic rings. The Labute approximate surface area is 121 Å². The summed E-state index contributed by atoms with van der Waals surface area (Å²) in [6, 6.07) is 6.86. The lowest BCUT2D eigenvalue weighted by Crippen LogP contribution is -2.38. The molecule has 1 aliphatic carbocycles. The third-order valence-corrected chi connectivity index (χ3v) is 5.18. The summed E-state index contributed by atoms with van der Waals surface area (Å²) < 4.78 is 11.5. The van der Waals surface area contributed by atoms with Gasteiger partial charge in [0.25, 0.3) is 0 Å². The SMILES string of the molecule is I[C@@H]1CCCCC1NCc1ccc2c(c1)OCO2. The van der Waals surface area contributed by atoms with Crippen LogP contribution in [0.4, 0.5) is 0 Å². The van der Waals surface area contributed by atoms with Crippen molar-refractivity contribution < 1.29 is 9.47 Å². The Morgan fingerprint density at radius 1 is 1.17 bits per heavy atom. The van der Waals surface area contributed by atoms with Crippen LogP contribution in [-0.4, -0.2) is 16.8 Å². The Hall–Kier alpha value is -0.490. The van der Waals surface area contributed by atoms with Crippen molar-refractivity contribution in [2.75, 3.05) is 6.79 Å². The summed E-state index contributed by atoms with van der Waals surface area (Å²) in [6.07, 6.45) is 5.39. The third kappa shape index (κ3) is 2.74. The minimum atomic E-state index is 0.352. The average Bonchev–Trinajstić information content (AvgIpc) is 2.85. The second-order valence-corrected chi connectivity index (χ2v) is 6.58. The lowest BCUT2D eigenvalue weighted by atomic mass is 9.95. The summed E-state index contributed by atoms with van der Waals surface area (Å²) >= 11 is 2.58. The zero-order valence-electron chi connectivity index (χ0n) is 10.3. The molecule has 1 unspecified atom stereocenters. The first kappa shape index (κ1) is 12.5. The van der Waals surface area contributed by atoms with Gasteiger partial charge in [-0.3, -0.25) is 0 Å². The van der Waals surface area contributed by atoms with Crippen LogP contribution < -0.4 is 14.8 Å². The van der Waals surface area contributed by atoms with Gasteiger partial charge in [0, 0.05) is 16.5 Å². The Balaban J connectivity index is 1.59. The van der Waals surface area contributed by atoms with Gasteiger partial charge in [0.05, 0.1) is 0 Å². The maximum Gasteiger partial charge on any atom is 0.231 e. The van der Waals surface area contributed by atoms with E-state index in [0.717, 1.165) is 22.0 Å². The van der Waals surface area contributed by atoms with E-state index in [1.165, 1.54) is 31.2 Å². The molecule has 4 heteroatoms. The summed E-state index contributed by atoms with van der Waals surface area (Å²) in [4.78, 5) is 0. The van der Waals surface area contributed by atoms with Crippen LogP contribution in [0.2, 0.25) is 0 Å². The molecule has 0 radical (unpaired) electrons. The van der Waals surface area contributed by atoms with Gasteiger partial charge in [-0.05, 0) is 30.5 Å². The second kappa shape index (κ2) is 5.65. The van der Waals surface area contributed by atoms with Crippen LogP contribution in [-0.2, 0) is 6.54 Å². The number of hydrogen-bond donors (Lipinski definition) is 1. The molecule has 0 aromatic heterocycles. The number of halogens is 1. The van der Waals surface area contributed by atoms with Gasteiger partial charge in [-0.15, -0.1) is 0 Å². The highest BCUT2D eigenvalue weighted by Gasteiger charge is 2.22. The molecule has 1 saturated carbocycles. The number of benzene rings is 1. The first-order valence-corrected chi connectivity index (χ1v) is 7.83. The minimum absolute atomic E-state index is 0.352. The molecule has 1 N–H and O–H groups in total. The molecule has 0 amide bonds. The summed E-state index contributed by atoms with van der Waals surface area (Å²) in [6.45, 7) is 1.27. The van der Waals surface area contributed by atoms with Crippen molar-refractivity contribution in [1.29, 1.82) is 0 Å². The van der Waals surface area contributed by atoms with Gasteiger partial charge in [-0.1, -0.05) is 41.5 Å². The first-order chi connectivity index (χ1) is 8.83. The van der Waals surface area contributed by atoms with E-state index in [2.05, 4.69) is 40.0 Å². The van der Waals surface area contributed by atoms with Gasteiger partial charge < -0.3 is 14.8 Å². The van der Waals surface area contributed by atoms with Gasteiger partial charge in [0.1, 0.15) is 0 Å². The first-order valence-electron chi connectivity index (χ1n) is 6.59. The van der Waals surface area contributed by atoms with E-state index in [9.17, 15) is 0 Å². The molecular weight excluding hydrogens is 341 g/mol. The van der Waals surface area contributed by atoms with Crippen molar-refractivity contribution in [3.05, 3.63) is 23.8 Å². The minimum Gasteiger partial charge on any atom is -0.454 e. The number of hydrogen-bond acceptors (Lipinski definition) is 3. The summed E-state index contributed by atoms with van der Waals surface area (Å²) in [5, 5.41) is 3.67. The average molecular weight is 359 g/mol. The summed E-state index contributed by atoms with van der Waals surface area (Å²) in [7, 11) is 0. The highest BCUT2D eigenvalue weighted by molar-refractivity contribution is 14.1. The highest BCUT2D eigenvalue weighted by atomic mass is 127. The zero-order chi connectivity index (χ0) is 12.4. The largest absolute Gasteiger partial charge is 0.454 e. The number of fused-ring (bicyclic) bond motifs is 1. The molecule has 1 heterocycles. The third-order valence-electron chi connectivity index (χ3n) is 3.69. The molecule has 98 valence electrons. The number of ether oxygens (including phenoxy) is 2. The maximum absolute atomic E-state index is 5.40. The number of alkyl halides is 1. The summed E-state index contributed by atoms with van der Waals surface area (Å²) in [5.41, 5.74) is 1.27. The predicted octanol–water partition coefficient (Wildman–Crippen LogP) is 3.25. The molecule has 3 nitrogen and oxygen atoms in total. The normalized spacial score (nSPS) is 26.3. The van der Waals surface area contributed by atoms with E-state index in [4.69, 9.17) is 9.47 Å². The van der Waals surface area contributed by atoms with Crippen molar-refractivity contribution in [2.24, 2.45) is 0 Å². The van der Waals surface area contributed by atoms with Crippen molar-refractivity contribution >= 4 is 22.6 Å². The zero-order valence-corrected chi connectivity index (χ0v) is 12.5. The molecule has 0 spiro atoms. The molecule has 1 aliphatic heterocycles. The molecule has 18 heavy (non-hydrogen) atoms. The Morgan fingerprint density at radius 2 is 2.00 bits per heavy atom. The van der Waals surface area contributed by atoms with Gasteiger partial charge in [-0.25, -0.2) is 0 Å². The molecule has 1 fully saturated rings. The smallest absolute Gasteiger partial charge is 0.231 e. The topological polar surface area (TPSA) is 30.5 Å². The van der Waals surface area contributed by atoms with E-state index in [1.54, 1.807) is 0 Å². The molecule has 2 atom stereocenters. The fourth-order valence-electron chi connectivity index (χ4n) is 2.62. The number of rotatable bonds is 3. The molecular formula is C14H18INO2. The lowest BCUT2D eigenvalue weighted by molar-refractivity contribution is 0.174. The Morgan fingerprint density at radius 3 is 2.89 bits per heavy atom. The lowest BCUT2D eigenvalue weighted by Gasteiger charge is -2.28. The van der Waals surface area contributed by atoms with E-state index in [-0.39, 0.29) is 0 Å². The molecule has 0 saturated heterocycles. The molecule has 3 rings (SSSR count). The van der Waals surface area contributed by atoms with Crippen LogP contribution >= 0.6 is 22.6 Å². The van der Waals surface area contributed by atoms with Crippen molar-refractivity contribution in [1.82, 2.24) is 5.32 Å². The van der Waals surface area contributed by atoms with Crippen LogP contribution in [0.3, 0.4) is 0 Å². The van der Waals surface area contributed by atoms with Crippen LogP contribution in [0.1, 0.15) is 31.2 Å². The monoisotopic (exact) mass is 359 g/mol. The van der Waals surface area contributed by atoms with Crippen LogP contribution in [0.15, 0.2) is 18.2 Å². The van der Waals surface area contributed by atoms with E-state index in [0.29, 0.717) is 12.8 Å². The predicted molar refractivity (Wildman–Crippen MR) is 79.5 cm³/mol. The quantitative estimate of drug-likeness (QED) is 0.664. The van der Waals surface area contributed by atoms with Gasteiger partial charge in [0.2, 0.25) is 6.79 Å². The van der Waals surface area contributed by atoms with Crippen molar-refractivity contribution in [3.8, 4) is 11.5 Å². The fourth-order valence-corrected chi connectivity index (χ4v) is 3.67. The molecule has 0 bridgehead atoms. The molecule has 1 aromatic carbocycles. The van der Waals surface area contributed by atoms with Gasteiger partial charge >= 0.3 is 0 Å². The van der Waals surface area contributed by atoms with Crippen molar-refractivity contribution in [2.45, 2.75) is 42.2 Å². The van der Waals surface area contributed by atoms with Crippen LogP contribution in [0.5, 0.6) is 11.5 Å². The highest BCUT2D eigenvalue weighted by Crippen LogP contribution is 2.32. The number of nitrogens with one attached hydrogen (secondary N) is 1. The van der Waals surface area contributed by atoms with Gasteiger partial charge in [0.15, 0.2) is 11.5 Å². The van der Waals surface area contributed by atoms with Crippen molar-refractivity contribution in [3.63, 3.8) is 0 Å².